The Morgan fingerprint density at radius 2 is 0.537 bits per heavy atom. The minimum Gasteiger partial charge on any atom is -0.0613 e. The van der Waals surface area contributed by atoms with Crippen molar-refractivity contribution in [3.63, 3.8) is 0 Å². The molecule has 23 aromatic rings. The van der Waals surface area contributed by atoms with Crippen LogP contribution in [0.25, 0.3) is 229 Å². The maximum absolute atomic E-state index is 10.2. The van der Waals surface area contributed by atoms with E-state index in [-0.39, 0.29) is 54.6 Å². The minimum atomic E-state index is -3.68. The molecule has 108 heavy (non-hydrogen) atoms. The van der Waals surface area contributed by atoms with Gasteiger partial charge in [-0.3, -0.25) is 0 Å². The van der Waals surface area contributed by atoms with Crippen molar-refractivity contribution in [2.24, 2.45) is 0 Å². The SMILES string of the molecule is [2H]c1c([2H])c(-c2c([2H])c([2H])c(-c3c([2H])c([2H])c([2H])c(-c4c([2H])c([2H])c5c([2H])c([2H])c6c([2H])c([2H])c([2H])c7c([2H])c([2H])c4c5c67)c3[2H])c([2H])c2[2H])c([2H])c(-c2c([2H])c([2H])c3c([2H])c([2H])c4c([2H])c([2H])c([2H])c5c([2H])c([2H])c2c3c45)c1[2H].[2H]c1c([2H])c2c(c([2H])c1-c1ccc3ccc4cccc5ccc1c3c45)C(C([2H])([2H])[2H])(C([2H])([2H])[2H])c1c([2H])c(-c3c([2H])c([2H])c(-c4ccc5ccc6cccc7ccc4c5c67)c4c([2H])c([2H])c([2H])c(C)c34)c([2H])c([2H])c1-2. The molecule has 23 aromatic carbocycles. The molecule has 0 N–H and O–H groups in total. The van der Waals surface area contributed by atoms with Gasteiger partial charge in [0.1, 0.15) is 0 Å². The lowest BCUT2D eigenvalue weighted by atomic mass is 9.80. The molecule has 24 rings (SSSR count). The molecule has 0 unspecified atom stereocenters. The summed E-state index contributed by atoms with van der Waals surface area (Å²) >= 11 is 0. The van der Waals surface area contributed by atoms with Crippen molar-refractivity contribution in [3.8, 4) is 89.0 Å². The molecule has 0 heteroatoms. The molecule has 1 aliphatic carbocycles. The quantitative estimate of drug-likeness (QED) is 0.140. The van der Waals surface area contributed by atoms with Gasteiger partial charge in [0.2, 0.25) is 0 Å². The molecule has 0 bridgehead atoms. The Balaban J connectivity index is 0.000000169. The number of hydrogen-bond acceptors (Lipinski definition) is 0. The summed E-state index contributed by atoms with van der Waals surface area (Å²) in [5.41, 5.74) is -13.2. The minimum absolute atomic E-state index is 0.0131. The average Bonchev–Trinajstić information content (AvgIpc) is 1.48. The highest BCUT2D eigenvalue weighted by Gasteiger charge is 2.36. The Morgan fingerprint density at radius 1 is 0.204 bits per heavy atom. The molecule has 500 valence electrons. The van der Waals surface area contributed by atoms with E-state index < -0.39 is 388 Å². The molecule has 0 amide bonds. The van der Waals surface area contributed by atoms with Crippen molar-refractivity contribution in [3.05, 3.63) is 374 Å². The average molecular weight is 1410 g/mol. The van der Waals surface area contributed by atoms with Crippen molar-refractivity contribution in [1.82, 2.24) is 0 Å². The molecule has 0 fully saturated rings. The maximum atomic E-state index is 10.2. The Hall–Kier alpha value is -13.5. The smallest absolute Gasteiger partial charge is 0.0613 e. The van der Waals surface area contributed by atoms with Crippen LogP contribution in [0.4, 0.5) is 0 Å². The molecular weight excluding hydrogens is 1300 g/mol. The number of rotatable bonds is 7. The van der Waals surface area contributed by atoms with Crippen LogP contribution in [0.2, 0.25) is 0 Å². The van der Waals surface area contributed by atoms with E-state index in [1.807, 2.05) is 91.0 Å². The zero-order valence-electron chi connectivity index (χ0n) is 103. The molecule has 0 heterocycles. The molecular formula is C108H68. The van der Waals surface area contributed by atoms with Crippen LogP contribution < -0.4 is 0 Å². The van der Waals surface area contributed by atoms with Gasteiger partial charge in [-0.15, -0.1) is 0 Å². The first kappa shape index (κ1) is 30.9. The van der Waals surface area contributed by atoms with Crippen LogP contribution in [0.1, 0.15) is 94.8 Å². The van der Waals surface area contributed by atoms with E-state index in [1.165, 1.54) is 6.92 Å². The van der Waals surface area contributed by atoms with Crippen LogP contribution in [0.5, 0.6) is 0 Å². The van der Waals surface area contributed by atoms with Crippen molar-refractivity contribution >= 4 is 140 Å². The number of hydrogen-bond donors (Lipinski definition) is 0. The zero-order valence-corrected chi connectivity index (χ0v) is 55.9. The summed E-state index contributed by atoms with van der Waals surface area (Å²) in [7, 11) is 0. The zero-order chi connectivity index (χ0) is 112. The first-order chi connectivity index (χ1) is 72.9. The lowest BCUT2D eigenvalue weighted by Crippen LogP contribution is -2.15. The summed E-state index contributed by atoms with van der Waals surface area (Å²) in [6, 6.07) is 0.161. The summed E-state index contributed by atoms with van der Waals surface area (Å²) in [5, 5.41) is 5.09. The Labute approximate surface area is 691 Å². The van der Waals surface area contributed by atoms with E-state index in [1.54, 1.807) is 18.2 Å². The fourth-order valence-corrected chi connectivity index (χ4v) is 15.9. The van der Waals surface area contributed by atoms with Gasteiger partial charge in [-0.1, -0.05) is 346 Å². The maximum Gasteiger partial charge on any atom is 0.0636 e. The van der Waals surface area contributed by atoms with Gasteiger partial charge in [-0.05, 0) is 277 Å². The largest absolute Gasteiger partial charge is 0.0636 e. The Kier molecular flexibility index (Phi) is 6.58. The lowest BCUT2D eigenvalue weighted by Gasteiger charge is -2.23. The van der Waals surface area contributed by atoms with Crippen LogP contribution in [0.15, 0.2) is 357 Å². The topological polar surface area (TPSA) is 0 Å². The molecule has 0 aromatic heterocycles. The number of fused-ring (bicyclic) bond motifs is 4. The fraction of sp³-hybridized carbons (Fsp3) is 0.0370. The van der Waals surface area contributed by atoms with E-state index in [0.29, 0.717) is 16.3 Å². The molecule has 0 atom stereocenters. The van der Waals surface area contributed by atoms with Crippen molar-refractivity contribution in [2.45, 2.75) is 26.0 Å². The van der Waals surface area contributed by atoms with Crippen molar-refractivity contribution in [1.29, 1.82) is 0 Å². The first-order valence-corrected chi connectivity index (χ1v) is 34.2. The lowest BCUT2D eigenvalue weighted by molar-refractivity contribution is 0.661. The third kappa shape index (κ3) is 8.99. The molecule has 0 radical (unpaired) electrons. The molecule has 0 spiro atoms. The summed E-state index contributed by atoms with van der Waals surface area (Å²) in [6.45, 7) is -5.90. The van der Waals surface area contributed by atoms with Gasteiger partial charge in [-0.2, -0.15) is 0 Å². The van der Waals surface area contributed by atoms with Crippen LogP contribution in [-0.4, -0.2) is 0 Å². The van der Waals surface area contributed by atoms with Gasteiger partial charge >= 0.3 is 0 Å². The van der Waals surface area contributed by atoms with Crippen LogP contribution >= 0.6 is 0 Å². The normalized spacial score (nSPS) is 19.2. The molecule has 0 aliphatic heterocycles. The highest BCUT2D eigenvalue weighted by Crippen LogP contribution is 2.53. The molecule has 1 aliphatic rings. The third-order valence-electron chi connectivity index (χ3n) is 20.8. The van der Waals surface area contributed by atoms with E-state index in [4.69, 9.17) is 30.2 Å². The van der Waals surface area contributed by atoms with E-state index in [2.05, 4.69) is 0 Å². The van der Waals surface area contributed by atoms with Gasteiger partial charge in [0.05, 0.1) is 56.2 Å². The summed E-state index contributed by atoms with van der Waals surface area (Å²) < 4.78 is 434. The Bertz CT molecular complexity index is 10200. The summed E-state index contributed by atoms with van der Waals surface area (Å²) in [4.78, 5) is 0. The standard InChI is InChI=1S/C58H38.C50H30/c1-33-7-4-12-48-45(44-24-18-39-16-14-35-9-6-11-37-20-28-50(44)57(39)55(35)37)30-29-43(53(33)48)41-22-26-47-46-25-21-40(31-51(46)58(2,3)52(47)32-41)42-23-17-38-15-13-34-8-5-10-36-19-27-49(42)56(38)54(34)36;1-5-33-17-19-37-21-25-43(45-27-23-35(7-1)47(33)49(37)45)41-11-3-9-39(29-41)31-13-15-32(16-14-31)40-10-4-12-42(30-40)44-26-22-38-20-18-34-6-2-8-36-24-28-46(44)50(38)48(34)36/h4-32H,1-3H3;1-30H/i2D3,3D3,4D,7D,12D,21D,22D,25D,26D,29D,30D,31D,32D;1D,2D,3D,4D,5D,6D,7D,8D,9D,10D,11D,12D,13D,14D,15D,16D,17D,18D,19D,20D,21D,22D,23D,24D,25D,26D,27D,28D,29D,30D. The second-order valence-electron chi connectivity index (χ2n) is 26.7. The number of aryl methyl sites for hydroxylation is 1. The number of benzene rings is 23. The van der Waals surface area contributed by atoms with E-state index in [9.17, 15) is 34.3 Å². The van der Waals surface area contributed by atoms with Crippen LogP contribution in [0.3, 0.4) is 0 Å². The van der Waals surface area contributed by atoms with E-state index >= 15 is 0 Å². The van der Waals surface area contributed by atoms with Gasteiger partial charge in [-0.25, -0.2) is 0 Å². The van der Waals surface area contributed by atoms with Gasteiger partial charge in [0.25, 0.3) is 0 Å². The fourth-order valence-electron chi connectivity index (χ4n) is 15.9. The predicted octanol–water partition coefficient (Wildman–Crippen LogP) is 30.4. The summed E-state index contributed by atoms with van der Waals surface area (Å²) in [5.74, 6) is 0. The highest BCUT2D eigenvalue weighted by atomic mass is 14.4. The summed E-state index contributed by atoms with van der Waals surface area (Å²) in [6.07, 6.45) is 0. The van der Waals surface area contributed by atoms with Crippen molar-refractivity contribution < 1.29 is 64.4 Å². The van der Waals surface area contributed by atoms with Crippen molar-refractivity contribution in [2.75, 3.05) is 0 Å². The second kappa shape index (κ2) is 23.0. The van der Waals surface area contributed by atoms with Gasteiger partial charge in [0, 0.05) is 13.6 Å². The van der Waals surface area contributed by atoms with Gasteiger partial charge < -0.3 is 0 Å². The third-order valence-corrected chi connectivity index (χ3v) is 20.8. The highest BCUT2D eigenvalue weighted by molar-refractivity contribution is 6.30. The molecule has 0 nitrogen and oxygen atoms in total. The van der Waals surface area contributed by atoms with Crippen LogP contribution in [0, 0.1) is 6.92 Å². The van der Waals surface area contributed by atoms with Crippen LogP contribution in [-0.2, 0) is 5.41 Å². The van der Waals surface area contributed by atoms with Gasteiger partial charge in [0.15, 0.2) is 0 Å². The monoisotopic (exact) mass is 1410 g/mol. The van der Waals surface area contributed by atoms with E-state index in [0.717, 1.165) is 53.9 Å². The Morgan fingerprint density at radius 3 is 1.05 bits per heavy atom. The first-order valence-electron chi connectivity index (χ1n) is 57.7. The molecule has 0 saturated heterocycles. The predicted molar refractivity (Wildman–Crippen MR) is 466 cm³/mol. The molecule has 0 saturated carbocycles. The second-order valence-corrected chi connectivity index (χ2v) is 26.7.